The van der Waals surface area contributed by atoms with Gasteiger partial charge >= 0.3 is 6.09 Å². The Morgan fingerprint density at radius 1 is 1.18 bits per heavy atom. The highest BCUT2D eigenvalue weighted by Gasteiger charge is 2.53. The molecule has 1 aliphatic heterocycles. The number of methoxy groups -OCH3 is 1. The lowest BCUT2D eigenvalue weighted by molar-refractivity contribution is -0.0497. The van der Waals surface area contributed by atoms with Crippen LogP contribution in [0.25, 0.3) is 11.0 Å². The summed E-state index contributed by atoms with van der Waals surface area (Å²) >= 11 is 0. The van der Waals surface area contributed by atoms with E-state index in [4.69, 9.17) is 13.7 Å². The summed E-state index contributed by atoms with van der Waals surface area (Å²) in [7, 11) is -2.09. The van der Waals surface area contributed by atoms with Gasteiger partial charge in [0, 0.05) is 18.5 Å². The molecule has 1 amide bonds. The van der Waals surface area contributed by atoms with Crippen LogP contribution >= 0.6 is 0 Å². The molecule has 10 nitrogen and oxygen atoms in total. The highest BCUT2D eigenvalue weighted by atomic mass is 32.2. The highest BCUT2D eigenvalue weighted by Crippen LogP contribution is 2.48. The predicted molar refractivity (Wildman–Crippen MR) is 139 cm³/mol. The molecule has 38 heavy (non-hydrogen) atoms. The van der Waals surface area contributed by atoms with Crippen LogP contribution in [0.3, 0.4) is 0 Å². The van der Waals surface area contributed by atoms with Gasteiger partial charge in [-0.2, -0.15) is 13.7 Å². The van der Waals surface area contributed by atoms with Crippen molar-refractivity contribution >= 4 is 27.2 Å². The molecule has 2 atom stereocenters. The number of carbonyl (C=O) groups is 1. The van der Waals surface area contributed by atoms with Crippen molar-refractivity contribution in [3.05, 3.63) is 59.9 Å². The number of benzene rings is 2. The second kappa shape index (κ2) is 9.93. The standard InChI is InChI=1S/C27H30N4O6S/c1-35-22-7-4-20(5-8-22)14-30-17-27(37-25(30)32)11-3-10-26(15-27,18-36-38(2,33)34)16-31-19-29-23-9-6-21(13-28)12-24(23)31/h4-9,12,19H,3,10-11,14-18H2,1-2H3/t26-,27+/m1/s1. The number of fused-ring (bicyclic) bond motifs is 1. The number of aromatic nitrogens is 2. The van der Waals surface area contributed by atoms with Crippen LogP contribution in [-0.4, -0.2) is 61.1 Å². The molecule has 2 aromatic carbocycles. The Kier molecular flexibility index (Phi) is 6.79. The second-order valence-corrected chi connectivity index (χ2v) is 12.1. The molecule has 0 unspecified atom stereocenters. The van der Waals surface area contributed by atoms with Crippen LogP contribution in [0.4, 0.5) is 4.79 Å². The van der Waals surface area contributed by atoms with Crippen molar-refractivity contribution in [2.75, 3.05) is 26.5 Å². The third-order valence-electron chi connectivity index (χ3n) is 7.45. The van der Waals surface area contributed by atoms with Gasteiger partial charge in [-0.15, -0.1) is 0 Å². The topological polar surface area (TPSA) is 124 Å². The largest absolute Gasteiger partial charge is 0.497 e. The number of imidazole rings is 1. The molecule has 0 bridgehead atoms. The first-order valence-corrected chi connectivity index (χ1v) is 14.2. The monoisotopic (exact) mass is 538 g/mol. The molecular weight excluding hydrogens is 508 g/mol. The van der Waals surface area contributed by atoms with E-state index in [1.165, 1.54) is 0 Å². The Morgan fingerprint density at radius 3 is 2.68 bits per heavy atom. The summed E-state index contributed by atoms with van der Waals surface area (Å²) in [4.78, 5) is 19.1. The van der Waals surface area contributed by atoms with Crippen LogP contribution in [0.1, 0.15) is 36.8 Å². The third kappa shape index (κ3) is 5.47. The number of rotatable bonds is 8. The number of ether oxygens (including phenoxy) is 2. The highest BCUT2D eigenvalue weighted by molar-refractivity contribution is 7.85. The van der Waals surface area contributed by atoms with Crippen molar-refractivity contribution < 1.29 is 26.9 Å². The summed E-state index contributed by atoms with van der Waals surface area (Å²) in [6.07, 6.45) is 4.92. The minimum absolute atomic E-state index is 0.0404. The lowest BCUT2D eigenvalue weighted by Crippen LogP contribution is -2.48. The zero-order valence-corrected chi connectivity index (χ0v) is 22.2. The van der Waals surface area contributed by atoms with E-state index in [0.717, 1.165) is 35.0 Å². The molecule has 1 spiro atoms. The summed E-state index contributed by atoms with van der Waals surface area (Å²) in [5.74, 6) is 0.742. The van der Waals surface area contributed by atoms with E-state index in [9.17, 15) is 18.5 Å². The Labute approximate surface area is 221 Å². The predicted octanol–water partition coefficient (Wildman–Crippen LogP) is 3.84. The van der Waals surface area contributed by atoms with Gasteiger partial charge < -0.3 is 14.0 Å². The summed E-state index contributed by atoms with van der Waals surface area (Å²) < 4.78 is 42.6. The van der Waals surface area contributed by atoms with Gasteiger partial charge in [0.2, 0.25) is 0 Å². The van der Waals surface area contributed by atoms with Gasteiger partial charge in [0.05, 0.1) is 55.5 Å². The van der Waals surface area contributed by atoms with Gasteiger partial charge in [-0.3, -0.25) is 9.08 Å². The molecule has 1 saturated heterocycles. The number of hydrogen-bond donors (Lipinski definition) is 0. The molecule has 0 N–H and O–H groups in total. The first kappa shape index (κ1) is 26.0. The normalized spacial score (nSPS) is 23.5. The molecular formula is C27H30N4O6S. The third-order valence-corrected chi connectivity index (χ3v) is 7.99. The summed E-state index contributed by atoms with van der Waals surface area (Å²) in [6.45, 7) is 1.18. The Balaban J connectivity index is 1.41. The molecule has 2 heterocycles. The minimum Gasteiger partial charge on any atom is -0.497 e. The van der Waals surface area contributed by atoms with Crippen molar-refractivity contribution in [2.45, 2.75) is 44.4 Å². The van der Waals surface area contributed by atoms with Crippen molar-refractivity contribution in [1.82, 2.24) is 14.5 Å². The van der Waals surface area contributed by atoms with E-state index in [0.29, 0.717) is 44.5 Å². The molecule has 2 fully saturated rings. The summed E-state index contributed by atoms with van der Waals surface area (Å²) in [5.41, 5.74) is 1.61. The maximum absolute atomic E-state index is 13.0. The lowest BCUT2D eigenvalue weighted by Gasteiger charge is -2.44. The Morgan fingerprint density at radius 2 is 1.97 bits per heavy atom. The van der Waals surface area contributed by atoms with Gasteiger partial charge in [0.25, 0.3) is 10.1 Å². The van der Waals surface area contributed by atoms with E-state index < -0.39 is 21.1 Å². The summed E-state index contributed by atoms with van der Waals surface area (Å²) in [6, 6.07) is 15.0. The van der Waals surface area contributed by atoms with Gasteiger partial charge in [-0.1, -0.05) is 12.1 Å². The van der Waals surface area contributed by atoms with Crippen LogP contribution in [0.5, 0.6) is 5.75 Å². The van der Waals surface area contributed by atoms with E-state index >= 15 is 0 Å². The van der Waals surface area contributed by atoms with Crippen LogP contribution in [0.2, 0.25) is 0 Å². The molecule has 5 rings (SSSR count). The zero-order valence-electron chi connectivity index (χ0n) is 21.4. The zero-order chi connectivity index (χ0) is 27.0. The maximum Gasteiger partial charge on any atom is 0.410 e. The number of amides is 1. The molecule has 3 aromatic rings. The fraction of sp³-hybridized carbons (Fsp3) is 0.444. The Hall–Kier alpha value is -3.62. The van der Waals surface area contributed by atoms with Crippen LogP contribution in [0, 0.1) is 16.7 Å². The Bertz CT molecular complexity index is 1500. The average Bonchev–Trinajstić information content (AvgIpc) is 3.42. The second-order valence-electron chi connectivity index (χ2n) is 10.4. The van der Waals surface area contributed by atoms with E-state index in [-0.39, 0.29) is 12.7 Å². The number of carbonyl (C=O) groups excluding carboxylic acids is 1. The molecule has 0 radical (unpaired) electrons. The molecule has 1 aliphatic carbocycles. The lowest BCUT2D eigenvalue weighted by atomic mass is 9.67. The number of hydrogen-bond acceptors (Lipinski definition) is 8. The van der Waals surface area contributed by atoms with Crippen molar-refractivity contribution in [2.24, 2.45) is 5.41 Å². The van der Waals surface area contributed by atoms with Gasteiger partial charge in [-0.05, 0) is 61.6 Å². The van der Waals surface area contributed by atoms with Crippen molar-refractivity contribution in [3.8, 4) is 11.8 Å². The molecule has 2 aliphatic rings. The fourth-order valence-electron chi connectivity index (χ4n) is 5.78. The first-order chi connectivity index (χ1) is 18.1. The number of nitrogens with zero attached hydrogens (tertiary/aromatic N) is 4. The van der Waals surface area contributed by atoms with E-state index in [2.05, 4.69) is 11.1 Å². The first-order valence-electron chi connectivity index (χ1n) is 12.4. The smallest absolute Gasteiger partial charge is 0.410 e. The average molecular weight is 539 g/mol. The quantitative estimate of drug-likeness (QED) is 0.396. The van der Waals surface area contributed by atoms with Crippen LogP contribution in [0.15, 0.2) is 48.8 Å². The van der Waals surface area contributed by atoms with Gasteiger partial charge in [-0.25, -0.2) is 9.78 Å². The molecule has 11 heteroatoms. The number of nitriles is 1. The molecule has 200 valence electrons. The van der Waals surface area contributed by atoms with Crippen LogP contribution < -0.4 is 4.74 Å². The molecule has 1 aromatic heterocycles. The van der Waals surface area contributed by atoms with Gasteiger partial charge in [0.1, 0.15) is 11.4 Å². The minimum atomic E-state index is -3.69. The molecule has 1 saturated carbocycles. The van der Waals surface area contributed by atoms with Crippen molar-refractivity contribution in [3.63, 3.8) is 0 Å². The van der Waals surface area contributed by atoms with Gasteiger partial charge in [0.15, 0.2) is 0 Å². The van der Waals surface area contributed by atoms with E-state index in [1.807, 2.05) is 28.8 Å². The van der Waals surface area contributed by atoms with E-state index in [1.54, 1.807) is 36.5 Å². The fourth-order valence-corrected chi connectivity index (χ4v) is 6.25. The SMILES string of the molecule is COc1ccc(CN2C[C@@]3(CCC[C@](COS(C)(=O)=O)(Cn4cnc5ccc(C#N)cc54)C3)OC2=O)cc1. The summed E-state index contributed by atoms with van der Waals surface area (Å²) in [5, 5.41) is 9.37. The maximum atomic E-state index is 13.0. The van der Waals surface area contributed by atoms with Crippen LogP contribution in [-0.2, 0) is 32.1 Å². The van der Waals surface area contributed by atoms with Crippen molar-refractivity contribution in [1.29, 1.82) is 5.26 Å².